The standard InChI is InChI=1S/C18H29N5O2/c1-13(24)20-11-17-5-4-16(23(17)12-14-2-3-14)10-18(25)19-8-6-15-7-9-21-22-15/h7,9,14,16-17H,2-6,8,10-12H2,1H3,(H,19,25)(H,20,24)(H,21,22)/t16-,17+/m0/s1. The lowest BCUT2D eigenvalue weighted by Gasteiger charge is -2.30. The Morgan fingerprint density at radius 3 is 2.72 bits per heavy atom. The quantitative estimate of drug-likeness (QED) is 0.617. The Kier molecular flexibility index (Phi) is 6.07. The summed E-state index contributed by atoms with van der Waals surface area (Å²) in [5.41, 5.74) is 1.03. The second-order valence-corrected chi connectivity index (χ2v) is 7.35. The van der Waals surface area contributed by atoms with E-state index in [0.29, 0.717) is 31.6 Å². The molecular weight excluding hydrogens is 318 g/mol. The maximum absolute atomic E-state index is 12.3. The predicted octanol–water partition coefficient (Wildman–Crippen LogP) is 0.838. The smallest absolute Gasteiger partial charge is 0.221 e. The third kappa shape index (κ3) is 5.56. The van der Waals surface area contributed by atoms with E-state index in [1.807, 2.05) is 6.07 Å². The van der Waals surface area contributed by atoms with Crippen molar-refractivity contribution in [3.63, 3.8) is 0 Å². The number of nitrogens with zero attached hydrogens (tertiary/aromatic N) is 2. The van der Waals surface area contributed by atoms with Crippen molar-refractivity contribution in [1.82, 2.24) is 25.7 Å². The zero-order valence-electron chi connectivity index (χ0n) is 15.0. The van der Waals surface area contributed by atoms with Crippen molar-refractivity contribution >= 4 is 11.8 Å². The molecule has 1 aliphatic carbocycles. The normalized spacial score (nSPS) is 23.6. The summed E-state index contributed by atoms with van der Waals surface area (Å²) >= 11 is 0. The number of aromatic nitrogens is 2. The minimum absolute atomic E-state index is 0.0198. The van der Waals surface area contributed by atoms with Gasteiger partial charge >= 0.3 is 0 Å². The molecule has 1 saturated carbocycles. The molecule has 7 heteroatoms. The fraction of sp³-hybridized carbons (Fsp3) is 0.722. The van der Waals surface area contributed by atoms with Crippen LogP contribution in [0.4, 0.5) is 0 Å². The first-order valence-electron chi connectivity index (χ1n) is 9.37. The van der Waals surface area contributed by atoms with Crippen LogP contribution in [-0.4, -0.2) is 58.6 Å². The van der Waals surface area contributed by atoms with E-state index >= 15 is 0 Å². The van der Waals surface area contributed by atoms with Gasteiger partial charge in [0.2, 0.25) is 11.8 Å². The number of rotatable bonds is 9. The van der Waals surface area contributed by atoms with Crippen LogP contribution in [0.3, 0.4) is 0 Å². The zero-order valence-corrected chi connectivity index (χ0v) is 15.0. The molecule has 0 spiro atoms. The van der Waals surface area contributed by atoms with Gasteiger partial charge in [-0.3, -0.25) is 19.6 Å². The molecule has 2 atom stereocenters. The van der Waals surface area contributed by atoms with Gasteiger partial charge in [0, 0.05) is 63.4 Å². The van der Waals surface area contributed by atoms with Crippen LogP contribution in [0, 0.1) is 5.92 Å². The number of carbonyl (C=O) groups excluding carboxylic acids is 2. The van der Waals surface area contributed by atoms with Crippen LogP contribution < -0.4 is 10.6 Å². The molecule has 2 amide bonds. The molecule has 138 valence electrons. The van der Waals surface area contributed by atoms with E-state index in [2.05, 4.69) is 25.7 Å². The molecular formula is C18H29N5O2. The molecule has 1 saturated heterocycles. The minimum atomic E-state index is 0.0198. The molecule has 2 fully saturated rings. The molecule has 3 N–H and O–H groups in total. The number of hydrogen-bond acceptors (Lipinski definition) is 4. The maximum atomic E-state index is 12.3. The van der Waals surface area contributed by atoms with Crippen LogP contribution in [0.2, 0.25) is 0 Å². The summed E-state index contributed by atoms with van der Waals surface area (Å²) in [6, 6.07) is 2.59. The third-order valence-corrected chi connectivity index (χ3v) is 5.22. The highest BCUT2D eigenvalue weighted by Gasteiger charge is 2.37. The Morgan fingerprint density at radius 2 is 2.04 bits per heavy atom. The number of likely N-dealkylation sites (tertiary alicyclic amines) is 1. The molecule has 3 rings (SSSR count). The molecule has 0 bridgehead atoms. The average Bonchev–Trinajstić information content (AvgIpc) is 3.09. The van der Waals surface area contributed by atoms with Crippen molar-refractivity contribution in [2.45, 2.75) is 57.5 Å². The van der Waals surface area contributed by atoms with Crippen LogP contribution >= 0.6 is 0 Å². The van der Waals surface area contributed by atoms with Crippen molar-refractivity contribution < 1.29 is 9.59 Å². The minimum Gasteiger partial charge on any atom is -0.356 e. The Labute approximate surface area is 148 Å². The molecule has 0 radical (unpaired) electrons. The number of amides is 2. The Hall–Kier alpha value is -1.89. The Morgan fingerprint density at radius 1 is 1.24 bits per heavy atom. The van der Waals surface area contributed by atoms with E-state index in [1.165, 1.54) is 12.8 Å². The third-order valence-electron chi connectivity index (χ3n) is 5.22. The van der Waals surface area contributed by atoms with E-state index in [0.717, 1.165) is 37.4 Å². The van der Waals surface area contributed by atoms with Crippen LogP contribution in [-0.2, 0) is 16.0 Å². The summed E-state index contributed by atoms with van der Waals surface area (Å²) in [5.74, 6) is 0.917. The van der Waals surface area contributed by atoms with Crippen LogP contribution in [0.1, 0.15) is 44.7 Å². The molecule has 25 heavy (non-hydrogen) atoms. The largest absolute Gasteiger partial charge is 0.356 e. The second-order valence-electron chi connectivity index (χ2n) is 7.35. The monoisotopic (exact) mass is 347 g/mol. The van der Waals surface area contributed by atoms with Crippen LogP contribution in [0.5, 0.6) is 0 Å². The van der Waals surface area contributed by atoms with E-state index in [-0.39, 0.29) is 11.8 Å². The lowest BCUT2D eigenvalue weighted by Crippen LogP contribution is -2.45. The first-order valence-corrected chi connectivity index (χ1v) is 9.37. The van der Waals surface area contributed by atoms with E-state index in [4.69, 9.17) is 0 Å². The molecule has 0 unspecified atom stereocenters. The summed E-state index contributed by atoms with van der Waals surface area (Å²) < 4.78 is 0. The highest BCUT2D eigenvalue weighted by atomic mass is 16.2. The van der Waals surface area contributed by atoms with E-state index in [1.54, 1.807) is 13.1 Å². The summed E-state index contributed by atoms with van der Waals surface area (Å²) in [7, 11) is 0. The van der Waals surface area contributed by atoms with Gasteiger partial charge in [-0.05, 0) is 37.7 Å². The lowest BCUT2D eigenvalue weighted by atomic mass is 10.1. The zero-order chi connectivity index (χ0) is 17.6. The molecule has 1 aromatic rings. The predicted molar refractivity (Wildman–Crippen MR) is 94.8 cm³/mol. The number of H-pyrrole nitrogens is 1. The van der Waals surface area contributed by atoms with Crippen molar-refractivity contribution in [2.75, 3.05) is 19.6 Å². The molecule has 0 aromatic carbocycles. The van der Waals surface area contributed by atoms with Gasteiger partial charge in [-0.15, -0.1) is 0 Å². The van der Waals surface area contributed by atoms with Gasteiger partial charge in [0.15, 0.2) is 0 Å². The Bertz CT molecular complexity index is 570. The number of aromatic amines is 1. The molecule has 1 aromatic heterocycles. The first-order chi connectivity index (χ1) is 12.1. The van der Waals surface area contributed by atoms with Gasteiger partial charge in [0.1, 0.15) is 0 Å². The lowest BCUT2D eigenvalue weighted by molar-refractivity contribution is -0.122. The van der Waals surface area contributed by atoms with Crippen molar-refractivity contribution in [3.8, 4) is 0 Å². The molecule has 2 aliphatic rings. The number of hydrogen-bond donors (Lipinski definition) is 3. The van der Waals surface area contributed by atoms with Gasteiger partial charge in [-0.25, -0.2) is 0 Å². The van der Waals surface area contributed by atoms with E-state index < -0.39 is 0 Å². The van der Waals surface area contributed by atoms with E-state index in [9.17, 15) is 9.59 Å². The van der Waals surface area contributed by atoms with Crippen molar-refractivity contribution in [3.05, 3.63) is 18.0 Å². The molecule has 7 nitrogen and oxygen atoms in total. The van der Waals surface area contributed by atoms with Crippen LogP contribution in [0.25, 0.3) is 0 Å². The summed E-state index contributed by atoms with van der Waals surface area (Å²) in [4.78, 5) is 26.0. The van der Waals surface area contributed by atoms with Gasteiger partial charge in [0.05, 0.1) is 0 Å². The van der Waals surface area contributed by atoms with Crippen LogP contribution in [0.15, 0.2) is 12.3 Å². The fourth-order valence-corrected chi connectivity index (χ4v) is 3.66. The number of carbonyl (C=O) groups is 2. The van der Waals surface area contributed by atoms with Crippen molar-refractivity contribution in [2.24, 2.45) is 5.92 Å². The fourth-order valence-electron chi connectivity index (χ4n) is 3.66. The highest BCUT2D eigenvalue weighted by Crippen LogP contribution is 2.35. The van der Waals surface area contributed by atoms with Gasteiger partial charge in [0.25, 0.3) is 0 Å². The van der Waals surface area contributed by atoms with Crippen molar-refractivity contribution in [1.29, 1.82) is 0 Å². The average molecular weight is 347 g/mol. The first kappa shape index (κ1) is 17.9. The molecule has 1 aliphatic heterocycles. The second kappa shape index (κ2) is 8.47. The van der Waals surface area contributed by atoms with Gasteiger partial charge < -0.3 is 10.6 Å². The number of nitrogens with one attached hydrogen (secondary N) is 3. The maximum Gasteiger partial charge on any atom is 0.221 e. The van der Waals surface area contributed by atoms with Gasteiger partial charge in [-0.1, -0.05) is 0 Å². The molecule has 2 heterocycles. The summed E-state index contributed by atoms with van der Waals surface area (Å²) in [5, 5.41) is 12.8. The summed E-state index contributed by atoms with van der Waals surface area (Å²) in [6.45, 7) is 3.95. The highest BCUT2D eigenvalue weighted by molar-refractivity contribution is 5.76. The summed E-state index contributed by atoms with van der Waals surface area (Å²) in [6.07, 6.45) is 7.73. The Balaban J connectivity index is 1.45. The SMILES string of the molecule is CC(=O)NC[C@H]1CC[C@@H](CC(=O)NCCc2ccn[nH]2)N1CC1CC1. The van der Waals surface area contributed by atoms with Gasteiger partial charge in [-0.2, -0.15) is 5.10 Å². The topological polar surface area (TPSA) is 90.1 Å².